The standard InChI is InChI=1S/C20H21N/c1-13(21)10-11-18-14-6-2-4-8-16(14)19-12-20(19)17-9-5-3-7-15(17)18/h2-9,11,13,19-20H,10,12,21H2,1H3. The molecule has 1 heteroatoms. The van der Waals surface area contributed by atoms with Crippen LogP contribution in [0.1, 0.15) is 53.9 Å². The second-order valence-electron chi connectivity index (χ2n) is 6.45. The lowest BCUT2D eigenvalue weighted by Crippen LogP contribution is -2.13. The Morgan fingerprint density at radius 3 is 2.05 bits per heavy atom. The normalized spacial score (nSPS) is 23.4. The molecule has 0 heterocycles. The van der Waals surface area contributed by atoms with Gasteiger partial charge in [0.25, 0.3) is 0 Å². The Hall–Kier alpha value is -1.86. The van der Waals surface area contributed by atoms with Crippen molar-refractivity contribution in [3.63, 3.8) is 0 Å². The zero-order valence-electron chi connectivity index (χ0n) is 12.4. The highest BCUT2D eigenvalue weighted by Gasteiger charge is 2.44. The summed E-state index contributed by atoms with van der Waals surface area (Å²) in [6.45, 7) is 2.07. The number of fused-ring (bicyclic) bond motifs is 5. The summed E-state index contributed by atoms with van der Waals surface area (Å²) in [7, 11) is 0. The fraction of sp³-hybridized carbons (Fsp3) is 0.300. The van der Waals surface area contributed by atoms with Crippen molar-refractivity contribution in [1.82, 2.24) is 0 Å². The Balaban J connectivity index is 1.93. The molecule has 3 unspecified atom stereocenters. The Kier molecular flexibility index (Phi) is 2.97. The Morgan fingerprint density at radius 1 is 1.00 bits per heavy atom. The van der Waals surface area contributed by atoms with E-state index in [0.29, 0.717) is 11.8 Å². The minimum atomic E-state index is 0.203. The van der Waals surface area contributed by atoms with Gasteiger partial charge in [-0.2, -0.15) is 0 Å². The highest BCUT2D eigenvalue weighted by atomic mass is 14.6. The summed E-state index contributed by atoms with van der Waals surface area (Å²) in [5.41, 5.74) is 13.2. The lowest BCUT2D eigenvalue weighted by molar-refractivity contribution is 0.758. The lowest BCUT2D eigenvalue weighted by atomic mass is 9.91. The monoisotopic (exact) mass is 275 g/mol. The summed E-state index contributed by atoms with van der Waals surface area (Å²) in [6.07, 6.45) is 4.56. The van der Waals surface area contributed by atoms with Gasteiger partial charge in [-0.05, 0) is 59.4 Å². The molecule has 1 nitrogen and oxygen atoms in total. The van der Waals surface area contributed by atoms with Gasteiger partial charge in [-0.15, -0.1) is 0 Å². The number of hydrogen-bond donors (Lipinski definition) is 1. The first kappa shape index (κ1) is 12.8. The minimum Gasteiger partial charge on any atom is -0.328 e. The molecule has 0 saturated heterocycles. The predicted octanol–water partition coefficient (Wildman–Crippen LogP) is 4.44. The van der Waals surface area contributed by atoms with E-state index in [1.165, 1.54) is 34.2 Å². The van der Waals surface area contributed by atoms with Gasteiger partial charge in [0.1, 0.15) is 0 Å². The van der Waals surface area contributed by atoms with E-state index in [1.54, 1.807) is 0 Å². The largest absolute Gasteiger partial charge is 0.328 e. The van der Waals surface area contributed by atoms with Gasteiger partial charge < -0.3 is 5.73 Å². The quantitative estimate of drug-likeness (QED) is 0.861. The molecular weight excluding hydrogens is 254 g/mol. The van der Waals surface area contributed by atoms with E-state index < -0.39 is 0 Å². The molecule has 2 aliphatic rings. The van der Waals surface area contributed by atoms with Crippen molar-refractivity contribution in [2.24, 2.45) is 5.73 Å². The summed E-state index contributed by atoms with van der Waals surface area (Å²) in [6, 6.07) is 18.0. The molecule has 2 aromatic carbocycles. The molecule has 1 fully saturated rings. The molecule has 2 aliphatic carbocycles. The average Bonchev–Trinajstić information content (AvgIpc) is 3.28. The van der Waals surface area contributed by atoms with Crippen molar-refractivity contribution < 1.29 is 0 Å². The second kappa shape index (κ2) is 4.85. The van der Waals surface area contributed by atoms with E-state index in [9.17, 15) is 0 Å². The predicted molar refractivity (Wildman–Crippen MR) is 88.3 cm³/mol. The van der Waals surface area contributed by atoms with Gasteiger partial charge >= 0.3 is 0 Å². The highest BCUT2D eigenvalue weighted by Crippen LogP contribution is 2.59. The van der Waals surface area contributed by atoms with Crippen molar-refractivity contribution in [3.05, 3.63) is 76.9 Å². The van der Waals surface area contributed by atoms with Crippen LogP contribution in [0.25, 0.3) is 5.57 Å². The van der Waals surface area contributed by atoms with Gasteiger partial charge in [-0.25, -0.2) is 0 Å². The molecule has 21 heavy (non-hydrogen) atoms. The fourth-order valence-electron chi connectivity index (χ4n) is 3.68. The number of hydrogen-bond acceptors (Lipinski definition) is 1. The molecule has 0 aliphatic heterocycles. The molecule has 2 N–H and O–H groups in total. The maximum absolute atomic E-state index is 5.98. The van der Waals surface area contributed by atoms with Crippen LogP contribution in [0.4, 0.5) is 0 Å². The third-order valence-corrected chi connectivity index (χ3v) is 4.79. The van der Waals surface area contributed by atoms with Gasteiger partial charge in [-0.1, -0.05) is 54.6 Å². The summed E-state index contributed by atoms with van der Waals surface area (Å²) in [5.74, 6) is 1.42. The Bertz CT molecular complexity index is 658. The van der Waals surface area contributed by atoms with Crippen LogP contribution in [0.2, 0.25) is 0 Å². The first-order valence-electron chi connectivity index (χ1n) is 7.90. The molecule has 0 aromatic heterocycles. The van der Waals surface area contributed by atoms with Crippen molar-refractivity contribution in [2.45, 2.75) is 37.6 Å². The summed E-state index contributed by atoms with van der Waals surface area (Å²) < 4.78 is 0. The van der Waals surface area contributed by atoms with Gasteiger partial charge in [0.05, 0.1) is 0 Å². The maximum atomic E-state index is 5.98. The molecular formula is C20H21N. The topological polar surface area (TPSA) is 26.0 Å². The van der Waals surface area contributed by atoms with Crippen LogP contribution < -0.4 is 5.73 Å². The number of rotatable bonds is 2. The lowest BCUT2D eigenvalue weighted by Gasteiger charge is -2.14. The molecule has 1 saturated carbocycles. The zero-order chi connectivity index (χ0) is 14.4. The van der Waals surface area contributed by atoms with Crippen LogP contribution in [-0.2, 0) is 0 Å². The van der Waals surface area contributed by atoms with Crippen molar-refractivity contribution in [2.75, 3.05) is 0 Å². The number of benzene rings is 2. The van der Waals surface area contributed by atoms with E-state index in [4.69, 9.17) is 5.73 Å². The Morgan fingerprint density at radius 2 is 1.52 bits per heavy atom. The molecule has 2 aromatic rings. The van der Waals surface area contributed by atoms with Crippen molar-refractivity contribution in [3.8, 4) is 0 Å². The van der Waals surface area contributed by atoms with Crippen LogP contribution in [0.3, 0.4) is 0 Å². The first-order valence-corrected chi connectivity index (χ1v) is 7.90. The maximum Gasteiger partial charge on any atom is 0.00453 e. The molecule has 0 spiro atoms. The van der Waals surface area contributed by atoms with Crippen LogP contribution in [-0.4, -0.2) is 6.04 Å². The van der Waals surface area contributed by atoms with Gasteiger partial charge in [-0.3, -0.25) is 0 Å². The zero-order valence-corrected chi connectivity index (χ0v) is 12.4. The number of nitrogens with two attached hydrogens (primary N) is 1. The molecule has 0 amide bonds. The van der Waals surface area contributed by atoms with Crippen molar-refractivity contribution >= 4 is 5.57 Å². The van der Waals surface area contributed by atoms with E-state index in [-0.39, 0.29) is 6.04 Å². The van der Waals surface area contributed by atoms with E-state index in [2.05, 4.69) is 61.5 Å². The smallest absolute Gasteiger partial charge is 0.00453 e. The second-order valence-corrected chi connectivity index (χ2v) is 6.45. The van der Waals surface area contributed by atoms with Crippen molar-refractivity contribution in [1.29, 1.82) is 0 Å². The SMILES string of the molecule is CC(N)CC=C1c2ccccc2C2CC2c2ccccc21. The third-order valence-electron chi connectivity index (χ3n) is 4.79. The summed E-state index contributed by atoms with van der Waals surface area (Å²) in [5, 5.41) is 0. The van der Waals surface area contributed by atoms with Gasteiger partial charge in [0.2, 0.25) is 0 Å². The van der Waals surface area contributed by atoms with E-state index in [0.717, 1.165) is 6.42 Å². The van der Waals surface area contributed by atoms with Crippen LogP contribution >= 0.6 is 0 Å². The van der Waals surface area contributed by atoms with Crippen LogP contribution in [0, 0.1) is 0 Å². The Labute approximate surface area is 126 Å². The molecule has 4 rings (SSSR count). The average molecular weight is 275 g/mol. The minimum absolute atomic E-state index is 0.203. The summed E-state index contributed by atoms with van der Waals surface area (Å²) in [4.78, 5) is 0. The van der Waals surface area contributed by atoms with Gasteiger partial charge in [0.15, 0.2) is 0 Å². The molecule has 3 atom stereocenters. The molecule has 0 bridgehead atoms. The third kappa shape index (κ3) is 2.13. The fourth-order valence-corrected chi connectivity index (χ4v) is 3.68. The molecule has 0 radical (unpaired) electrons. The summed E-state index contributed by atoms with van der Waals surface area (Å²) >= 11 is 0. The van der Waals surface area contributed by atoms with E-state index in [1.807, 2.05) is 0 Å². The van der Waals surface area contributed by atoms with Crippen LogP contribution in [0.15, 0.2) is 54.6 Å². The van der Waals surface area contributed by atoms with Crippen LogP contribution in [0.5, 0.6) is 0 Å². The van der Waals surface area contributed by atoms with Gasteiger partial charge in [0, 0.05) is 6.04 Å². The molecule has 106 valence electrons. The highest BCUT2D eigenvalue weighted by molar-refractivity contribution is 5.85. The van der Waals surface area contributed by atoms with E-state index >= 15 is 0 Å². The first-order chi connectivity index (χ1) is 10.3.